The van der Waals surface area contributed by atoms with Crippen LogP contribution in [0.2, 0.25) is 5.02 Å². The Bertz CT molecular complexity index is 1350. The van der Waals surface area contributed by atoms with Crippen LogP contribution >= 0.6 is 11.6 Å². The van der Waals surface area contributed by atoms with Gasteiger partial charge in [0.05, 0.1) is 23.6 Å². The maximum atomic E-state index is 13.8. The third kappa shape index (κ3) is 6.59. The lowest BCUT2D eigenvalue weighted by Crippen LogP contribution is -2.36. The van der Waals surface area contributed by atoms with Crippen molar-refractivity contribution in [2.75, 3.05) is 31.2 Å². The molecule has 0 bridgehead atoms. The summed E-state index contributed by atoms with van der Waals surface area (Å²) in [7, 11) is -2.82. The summed E-state index contributed by atoms with van der Waals surface area (Å²) in [6.07, 6.45) is 0. The Balaban J connectivity index is 2.33. The first kappa shape index (κ1) is 28.0. The quantitative estimate of drug-likeness (QED) is 0.340. The van der Waals surface area contributed by atoms with Crippen molar-refractivity contribution in [3.05, 3.63) is 59.4 Å². The van der Waals surface area contributed by atoms with Gasteiger partial charge in [-0.2, -0.15) is 9.97 Å². The van der Waals surface area contributed by atoms with Gasteiger partial charge in [-0.3, -0.25) is 0 Å². The number of halogens is 1. The maximum absolute atomic E-state index is 13.8. The van der Waals surface area contributed by atoms with E-state index in [0.717, 1.165) is 4.31 Å². The van der Waals surface area contributed by atoms with Crippen molar-refractivity contribution in [2.24, 2.45) is 5.92 Å². The molecule has 1 aromatic heterocycles. The number of carbonyl (C=O) groups is 1. The van der Waals surface area contributed by atoms with Gasteiger partial charge in [-0.05, 0) is 30.2 Å². The molecule has 198 valence electrons. The summed E-state index contributed by atoms with van der Waals surface area (Å²) in [6.45, 7) is 2.77. The van der Waals surface area contributed by atoms with Gasteiger partial charge in [0.2, 0.25) is 11.6 Å². The number of aliphatic hydroxyl groups is 1. The van der Waals surface area contributed by atoms with Gasteiger partial charge in [0.15, 0.2) is 5.82 Å². The molecule has 2 N–H and O–H groups in total. The summed E-state index contributed by atoms with van der Waals surface area (Å²) in [5, 5.41) is 19.1. The summed E-state index contributed by atoms with van der Waals surface area (Å²) in [5.41, 5.74) is 0. The Morgan fingerprint density at radius 1 is 1.14 bits per heavy atom. The molecule has 0 saturated carbocycles. The van der Waals surface area contributed by atoms with Crippen LogP contribution in [0.25, 0.3) is 0 Å². The lowest BCUT2D eigenvalue weighted by molar-refractivity contribution is 0.0681. The Kier molecular flexibility index (Phi) is 9.14. The molecule has 0 saturated heterocycles. The van der Waals surface area contributed by atoms with Crippen LogP contribution in [-0.2, 0) is 10.0 Å². The number of methoxy groups -OCH3 is 1. The number of ether oxygens (including phenoxy) is 3. The number of rotatable bonds is 12. The lowest BCUT2D eigenvalue weighted by atomic mass is 10.2. The highest BCUT2D eigenvalue weighted by Crippen LogP contribution is 2.43. The number of anilines is 1. The standard InChI is InChI=1S/C24H26ClN3O8S/c1-15(2)14-28(37(32,33)17-7-5-4-6-8-17)22-20(36-19-13-16(34-3)9-10-18(19)25)23(35-12-11-29)27-21(26-22)24(30)31/h4-10,13,15,29H,11-12,14H2,1-3H3,(H,30,31). The van der Waals surface area contributed by atoms with E-state index in [-0.39, 0.29) is 46.3 Å². The predicted molar refractivity (Wildman–Crippen MR) is 135 cm³/mol. The van der Waals surface area contributed by atoms with Gasteiger partial charge in [0, 0.05) is 12.6 Å². The van der Waals surface area contributed by atoms with E-state index in [9.17, 15) is 23.4 Å². The summed E-state index contributed by atoms with van der Waals surface area (Å²) in [6, 6.07) is 12.1. The third-order valence-electron chi connectivity index (χ3n) is 4.79. The van der Waals surface area contributed by atoms with Gasteiger partial charge in [-0.1, -0.05) is 43.6 Å². The van der Waals surface area contributed by atoms with Crippen LogP contribution in [0.4, 0.5) is 5.82 Å². The number of aliphatic hydroxyl groups excluding tert-OH is 1. The lowest BCUT2D eigenvalue weighted by Gasteiger charge is -2.27. The number of hydrogen-bond acceptors (Lipinski definition) is 9. The summed E-state index contributed by atoms with van der Waals surface area (Å²) < 4.78 is 45.2. The van der Waals surface area contributed by atoms with Crippen molar-refractivity contribution in [3.8, 4) is 23.1 Å². The third-order valence-corrected chi connectivity index (χ3v) is 6.87. The van der Waals surface area contributed by atoms with Crippen molar-refractivity contribution in [1.29, 1.82) is 0 Å². The van der Waals surface area contributed by atoms with Crippen LogP contribution in [0, 0.1) is 5.92 Å². The highest BCUT2D eigenvalue weighted by atomic mass is 35.5. The van der Waals surface area contributed by atoms with Crippen LogP contribution in [0.1, 0.15) is 24.5 Å². The van der Waals surface area contributed by atoms with Crippen LogP contribution in [0.5, 0.6) is 23.1 Å². The fraction of sp³-hybridized carbons (Fsp3) is 0.292. The van der Waals surface area contributed by atoms with Gasteiger partial charge in [0.1, 0.15) is 18.1 Å². The predicted octanol–water partition coefficient (Wildman–Crippen LogP) is 3.85. The average Bonchev–Trinajstić information content (AvgIpc) is 2.88. The molecule has 3 rings (SSSR count). The Morgan fingerprint density at radius 2 is 1.84 bits per heavy atom. The number of carboxylic acid groups (broad SMARTS) is 1. The zero-order valence-corrected chi connectivity index (χ0v) is 21.9. The second-order valence-corrected chi connectivity index (χ2v) is 10.3. The van der Waals surface area contributed by atoms with Gasteiger partial charge in [-0.25, -0.2) is 17.5 Å². The molecule has 0 radical (unpaired) electrons. The van der Waals surface area contributed by atoms with Crippen molar-refractivity contribution >= 4 is 33.4 Å². The number of hydrogen-bond donors (Lipinski definition) is 2. The monoisotopic (exact) mass is 551 g/mol. The van der Waals surface area contributed by atoms with Gasteiger partial charge < -0.3 is 24.4 Å². The number of aromatic nitrogens is 2. The summed E-state index contributed by atoms with van der Waals surface area (Å²) in [4.78, 5) is 19.8. The van der Waals surface area contributed by atoms with Gasteiger partial charge in [-0.15, -0.1) is 0 Å². The van der Waals surface area contributed by atoms with Crippen molar-refractivity contribution in [2.45, 2.75) is 18.7 Å². The van der Waals surface area contributed by atoms with Crippen molar-refractivity contribution < 1.29 is 37.6 Å². The van der Waals surface area contributed by atoms with Crippen LogP contribution in [-0.4, -0.2) is 61.4 Å². The van der Waals surface area contributed by atoms with E-state index >= 15 is 0 Å². The number of benzene rings is 2. The van der Waals surface area contributed by atoms with Gasteiger partial charge in [0.25, 0.3) is 15.9 Å². The molecule has 0 unspecified atom stereocenters. The molecule has 0 aliphatic heterocycles. The average molecular weight is 552 g/mol. The Morgan fingerprint density at radius 3 is 2.43 bits per heavy atom. The van der Waals surface area contributed by atoms with E-state index in [4.69, 9.17) is 25.8 Å². The fourth-order valence-electron chi connectivity index (χ4n) is 3.16. The SMILES string of the molecule is COc1ccc(Cl)c(Oc2c(OCCO)nc(C(=O)O)nc2N(CC(C)C)S(=O)(=O)c2ccccc2)c1. The number of sulfonamides is 1. The highest BCUT2D eigenvalue weighted by molar-refractivity contribution is 7.92. The molecular weight excluding hydrogens is 526 g/mol. The molecule has 13 heteroatoms. The molecule has 0 amide bonds. The van der Waals surface area contributed by atoms with E-state index in [1.807, 2.05) is 0 Å². The van der Waals surface area contributed by atoms with E-state index in [1.54, 1.807) is 38.1 Å². The minimum atomic E-state index is -4.26. The number of nitrogens with zero attached hydrogens (tertiary/aromatic N) is 3. The first-order valence-electron chi connectivity index (χ1n) is 11.1. The number of carboxylic acids is 1. The van der Waals surface area contributed by atoms with Crippen LogP contribution in [0.3, 0.4) is 0 Å². The van der Waals surface area contributed by atoms with Crippen molar-refractivity contribution in [1.82, 2.24) is 9.97 Å². The van der Waals surface area contributed by atoms with Crippen LogP contribution < -0.4 is 18.5 Å². The fourth-order valence-corrected chi connectivity index (χ4v) is 4.92. The molecule has 0 aliphatic carbocycles. The minimum absolute atomic E-state index is 0.0457. The first-order valence-corrected chi connectivity index (χ1v) is 12.9. The highest BCUT2D eigenvalue weighted by Gasteiger charge is 2.34. The second-order valence-electron chi connectivity index (χ2n) is 8.02. The Labute approximate surface area is 219 Å². The van der Waals surface area contributed by atoms with E-state index in [2.05, 4.69) is 9.97 Å². The molecule has 3 aromatic rings. The summed E-state index contributed by atoms with van der Waals surface area (Å²) >= 11 is 6.32. The largest absolute Gasteiger partial charge is 0.497 e. The second kappa shape index (κ2) is 12.1. The molecule has 0 fully saturated rings. The zero-order chi connectivity index (χ0) is 27.2. The molecule has 0 aliphatic rings. The molecule has 37 heavy (non-hydrogen) atoms. The Hall–Kier alpha value is -3.61. The smallest absolute Gasteiger partial charge is 0.374 e. The molecule has 0 spiro atoms. The molecule has 1 heterocycles. The van der Waals surface area contributed by atoms with E-state index in [0.29, 0.717) is 5.75 Å². The topological polar surface area (TPSA) is 148 Å². The van der Waals surface area contributed by atoms with Crippen molar-refractivity contribution in [3.63, 3.8) is 0 Å². The molecule has 11 nitrogen and oxygen atoms in total. The normalized spacial score (nSPS) is 11.3. The maximum Gasteiger partial charge on any atom is 0.374 e. The molecule has 0 atom stereocenters. The van der Waals surface area contributed by atoms with Crippen LogP contribution in [0.15, 0.2) is 53.4 Å². The molecule has 2 aromatic carbocycles. The van der Waals surface area contributed by atoms with Gasteiger partial charge >= 0.3 is 5.97 Å². The van der Waals surface area contributed by atoms with E-state index < -0.39 is 34.3 Å². The minimum Gasteiger partial charge on any atom is -0.497 e. The number of aromatic carboxylic acids is 1. The van der Waals surface area contributed by atoms with E-state index in [1.165, 1.54) is 31.4 Å². The summed E-state index contributed by atoms with van der Waals surface area (Å²) in [5.74, 6) is -3.12. The first-order chi connectivity index (χ1) is 17.6. The molecular formula is C24H26ClN3O8S. The zero-order valence-electron chi connectivity index (χ0n) is 20.3.